The van der Waals surface area contributed by atoms with Gasteiger partial charge in [0.2, 0.25) is 0 Å². The highest BCUT2D eigenvalue weighted by molar-refractivity contribution is 7.09. The molecule has 0 aliphatic rings. The summed E-state index contributed by atoms with van der Waals surface area (Å²) in [5.41, 5.74) is 2.12. The highest BCUT2D eigenvalue weighted by Crippen LogP contribution is 2.29. The van der Waals surface area contributed by atoms with Gasteiger partial charge >= 0.3 is 0 Å². The van der Waals surface area contributed by atoms with Crippen LogP contribution in [0.1, 0.15) is 36.0 Å². The lowest BCUT2D eigenvalue weighted by atomic mass is 10.2. The van der Waals surface area contributed by atoms with E-state index in [4.69, 9.17) is 9.47 Å². The van der Waals surface area contributed by atoms with Crippen molar-refractivity contribution in [3.05, 3.63) is 39.8 Å². The molecule has 2 rings (SSSR count). The number of benzene rings is 1. The van der Waals surface area contributed by atoms with Gasteiger partial charge in [-0.25, -0.2) is 4.98 Å². The Morgan fingerprint density at radius 2 is 2.10 bits per heavy atom. The van der Waals surface area contributed by atoms with Crippen LogP contribution >= 0.6 is 11.3 Å². The molecule has 0 aliphatic carbocycles. The van der Waals surface area contributed by atoms with Crippen molar-refractivity contribution < 1.29 is 9.47 Å². The van der Waals surface area contributed by atoms with Crippen LogP contribution < -0.4 is 14.8 Å². The van der Waals surface area contributed by atoms with Crippen molar-refractivity contribution in [2.45, 2.75) is 32.9 Å². The van der Waals surface area contributed by atoms with Crippen molar-refractivity contribution >= 4 is 11.3 Å². The summed E-state index contributed by atoms with van der Waals surface area (Å²) in [5, 5.41) is 6.33. The Hall–Kier alpha value is -1.59. The zero-order valence-corrected chi connectivity index (χ0v) is 13.8. The smallest absolute Gasteiger partial charge is 0.162 e. The number of hydrogen-bond acceptors (Lipinski definition) is 5. The van der Waals surface area contributed by atoms with Gasteiger partial charge < -0.3 is 14.8 Å². The number of thiazole rings is 1. The molecule has 0 unspecified atom stereocenters. The number of aromatic nitrogens is 1. The largest absolute Gasteiger partial charge is 0.493 e. The first-order valence-electron chi connectivity index (χ1n) is 7.02. The molecular weight excluding hydrogens is 284 g/mol. The molecule has 1 aromatic carbocycles. The molecule has 0 atom stereocenters. The first-order chi connectivity index (χ1) is 10.1. The lowest BCUT2D eigenvalue weighted by Gasteiger charge is -2.11. The number of hydrogen-bond donors (Lipinski definition) is 1. The fourth-order valence-electron chi connectivity index (χ4n) is 1.95. The van der Waals surface area contributed by atoms with E-state index in [1.807, 2.05) is 25.2 Å². The molecule has 1 heterocycles. The molecule has 21 heavy (non-hydrogen) atoms. The SMILES string of the molecule is CNCc1ccc(OC)c(OCc2csc(C(C)C)n2)c1. The van der Waals surface area contributed by atoms with Gasteiger partial charge in [-0.3, -0.25) is 0 Å². The maximum atomic E-state index is 5.89. The third-order valence-electron chi connectivity index (χ3n) is 3.05. The van der Waals surface area contributed by atoms with E-state index in [9.17, 15) is 0 Å². The molecule has 2 aromatic rings. The predicted octanol–water partition coefficient (Wildman–Crippen LogP) is 3.57. The summed E-state index contributed by atoms with van der Waals surface area (Å²) in [6.45, 7) is 5.55. The van der Waals surface area contributed by atoms with Crippen LogP contribution in [-0.4, -0.2) is 19.1 Å². The second-order valence-electron chi connectivity index (χ2n) is 5.14. The first-order valence-corrected chi connectivity index (χ1v) is 7.90. The Kier molecular flexibility index (Phi) is 5.59. The van der Waals surface area contributed by atoms with Gasteiger partial charge in [0.1, 0.15) is 6.61 Å². The summed E-state index contributed by atoms with van der Waals surface area (Å²) >= 11 is 1.68. The van der Waals surface area contributed by atoms with Crippen molar-refractivity contribution in [2.75, 3.05) is 14.2 Å². The molecule has 1 aromatic heterocycles. The molecular formula is C16H22N2O2S. The fourth-order valence-corrected chi connectivity index (χ4v) is 2.77. The Labute approximate surface area is 130 Å². The average Bonchev–Trinajstić information content (AvgIpc) is 2.95. The summed E-state index contributed by atoms with van der Waals surface area (Å²) in [6, 6.07) is 5.97. The third-order valence-corrected chi connectivity index (χ3v) is 4.24. The molecule has 0 aliphatic heterocycles. The van der Waals surface area contributed by atoms with E-state index in [0.717, 1.165) is 34.3 Å². The lowest BCUT2D eigenvalue weighted by Crippen LogP contribution is -2.06. The standard InChI is InChI=1S/C16H22N2O2S/c1-11(2)16-18-13(10-21-16)9-20-15-7-12(8-17-3)5-6-14(15)19-4/h5-7,10-11,17H,8-9H2,1-4H3. The van der Waals surface area contributed by atoms with Crippen LogP contribution in [0.2, 0.25) is 0 Å². The van der Waals surface area contributed by atoms with Gasteiger partial charge in [0.25, 0.3) is 0 Å². The summed E-state index contributed by atoms with van der Waals surface area (Å²) in [5.74, 6) is 1.95. The van der Waals surface area contributed by atoms with Crippen LogP contribution in [0.15, 0.2) is 23.6 Å². The van der Waals surface area contributed by atoms with Gasteiger partial charge in [-0.15, -0.1) is 11.3 Å². The number of methoxy groups -OCH3 is 1. The van der Waals surface area contributed by atoms with Crippen LogP contribution in [0.5, 0.6) is 11.5 Å². The minimum absolute atomic E-state index is 0.456. The van der Waals surface area contributed by atoms with Crippen LogP contribution in [-0.2, 0) is 13.2 Å². The van der Waals surface area contributed by atoms with E-state index >= 15 is 0 Å². The maximum Gasteiger partial charge on any atom is 0.162 e. The van der Waals surface area contributed by atoms with Crippen molar-refractivity contribution in [1.29, 1.82) is 0 Å². The van der Waals surface area contributed by atoms with Gasteiger partial charge in [0.15, 0.2) is 11.5 Å². The van der Waals surface area contributed by atoms with Gasteiger partial charge in [0.05, 0.1) is 17.8 Å². The minimum Gasteiger partial charge on any atom is -0.493 e. The van der Waals surface area contributed by atoms with E-state index < -0.39 is 0 Å². The second kappa shape index (κ2) is 7.43. The van der Waals surface area contributed by atoms with Crippen molar-refractivity contribution in [3.63, 3.8) is 0 Å². The zero-order chi connectivity index (χ0) is 15.2. The van der Waals surface area contributed by atoms with E-state index in [-0.39, 0.29) is 0 Å². The molecule has 5 heteroatoms. The molecule has 114 valence electrons. The second-order valence-corrected chi connectivity index (χ2v) is 6.03. The highest BCUT2D eigenvalue weighted by Gasteiger charge is 2.09. The van der Waals surface area contributed by atoms with Crippen molar-refractivity contribution in [3.8, 4) is 11.5 Å². The fraction of sp³-hybridized carbons (Fsp3) is 0.438. The third kappa shape index (κ3) is 4.19. The van der Waals surface area contributed by atoms with Crippen molar-refractivity contribution in [2.24, 2.45) is 0 Å². The quantitative estimate of drug-likeness (QED) is 0.849. The highest BCUT2D eigenvalue weighted by atomic mass is 32.1. The van der Waals surface area contributed by atoms with Gasteiger partial charge in [0, 0.05) is 17.8 Å². The lowest BCUT2D eigenvalue weighted by molar-refractivity contribution is 0.280. The summed E-state index contributed by atoms with van der Waals surface area (Å²) < 4.78 is 11.2. The Balaban J connectivity index is 2.08. The van der Waals surface area contributed by atoms with Crippen LogP contribution in [0.4, 0.5) is 0 Å². The minimum atomic E-state index is 0.456. The number of nitrogens with zero attached hydrogens (tertiary/aromatic N) is 1. The topological polar surface area (TPSA) is 43.4 Å². The van der Waals surface area contributed by atoms with Gasteiger partial charge in [-0.2, -0.15) is 0 Å². The summed E-state index contributed by atoms with van der Waals surface area (Å²) in [6.07, 6.45) is 0. The van der Waals surface area contributed by atoms with Gasteiger partial charge in [-0.1, -0.05) is 19.9 Å². The molecule has 0 saturated carbocycles. The Morgan fingerprint density at radius 1 is 1.29 bits per heavy atom. The normalized spacial score (nSPS) is 10.9. The van der Waals surface area contributed by atoms with E-state index in [2.05, 4.69) is 29.5 Å². The monoisotopic (exact) mass is 306 g/mol. The average molecular weight is 306 g/mol. The van der Waals surface area contributed by atoms with Crippen molar-refractivity contribution in [1.82, 2.24) is 10.3 Å². The number of nitrogens with one attached hydrogen (secondary N) is 1. The molecule has 0 amide bonds. The van der Waals surface area contributed by atoms with E-state index in [0.29, 0.717) is 12.5 Å². The van der Waals surface area contributed by atoms with Gasteiger partial charge in [-0.05, 0) is 24.7 Å². The Morgan fingerprint density at radius 3 is 2.71 bits per heavy atom. The molecule has 1 N–H and O–H groups in total. The molecule has 0 radical (unpaired) electrons. The van der Waals surface area contributed by atoms with E-state index in [1.54, 1.807) is 18.4 Å². The molecule has 0 fully saturated rings. The molecule has 0 saturated heterocycles. The summed E-state index contributed by atoms with van der Waals surface area (Å²) in [7, 11) is 3.58. The van der Waals surface area contributed by atoms with Crippen LogP contribution in [0.3, 0.4) is 0 Å². The van der Waals surface area contributed by atoms with Crippen LogP contribution in [0.25, 0.3) is 0 Å². The first kappa shape index (κ1) is 15.8. The Bertz CT molecular complexity index is 581. The predicted molar refractivity (Wildman–Crippen MR) is 86.3 cm³/mol. The number of rotatable bonds is 7. The molecule has 0 spiro atoms. The van der Waals surface area contributed by atoms with Crippen LogP contribution in [0, 0.1) is 0 Å². The number of ether oxygens (including phenoxy) is 2. The maximum absolute atomic E-state index is 5.89. The van der Waals surface area contributed by atoms with E-state index in [1.165, 1.54) is 0 Å². The molecule has 4 nitrogen and oxygen atoms in total. The zero-order valence-electron chi connectivity index (χ0n) is 13.0. The molecule has 0 bridgehead atoms. The summed E-state index contributed by atoms with van der Waals surface area (Å²) in [4.78, 5) is 4.58.